The molecular weight excluding hydrogens is 298 g/mol. The molecule has 6 heteroatoms. The fourth-order valence-electron chi connectivity index (χ4n) is 2.47. The molecule has 1 saturated heterocycles. The standard InChI is InChI=1S/C17H23NO5/c19-16(8-10-22-12-14-7-4-9-23-14)18-15(17(20)21)11-13-5-2-1-3-6-13/h1-3,5-6,14-15H,4,7-12H2,(H,18,19)(H,20,21)/t14?,15-/m1/s1. The van der Waals surface area contributed by atoms with Crippen molar-refractivity contribution in [3.05, 3.63) is 35.9 Å². The van der Waals surface area contributed by atoms with Crippen molar-refractivity contribution in [3.8, 4) is 0 Å². The minimum Gasteiger partial charge on any atom is -0.480 e. The second-order valence-corrected chi connectivity index (χ2v) is 5.61. The van der Waals surface area contributed by atoms with Gasteiger partial charge in [0.1, 0.15) is 6.04 Å². The number of benzene rings is 1. The summed E-state index contributed by atoms with van der Waals surface area (Å²) in [6.45, 7) is 1.53. The van der Waals surface area contributed by atoms with E-state index in [2.05, 4.69) is 5.32 Å². The molecule has 23 heavy (non-hydrogen) atoms. The quantitative estimate of drug-likeness (QED) is 0.671. The van der Waals surface area contributed by atoms with E-state index in [1.165, 1.54) is 0 Å². The number of carboxylic acids is 1. The first kappa shape index (κ1) is 17.4. The van der Waals surface area contributed by atoms with Gasteiger partial charge in [-0.3, -0.25) is 4.79 Å². The van der Waals surface area contributed by atoms with Crippen LogP contribution < -0.4 is 5.32 Å². The molecule has 1 aliphatic rings. The summed E-state index contributed by atoms with van der Waals surface area (Å²) < 4.78 is 10.8. The molecular formula is C17H23NO5. The Kier molecular flexibility index (Phi) is 7.03. The van der Waals surface area contributed by atoms with Crippen LogP contribution in [0.4, 0.5) is 0 Å². The molecule has 2 N–H and O–H groups in total. The predicted molar refractivity (Wildman–Crippen MR) is 84.1 cm³/mol. The number of hydrogen-bond donors (Lipinski definition) is 2. The van der Waals surface area contributed by atoms with Gasteiger partial charge in [-0.1, -0.05) is 30.3 Å². The first-order valence-corrected chi connectivity index (χ1v) is 7.90. The van der Waals surface area contributed by atoms with E-state index in [1.54, 1.807) is 0 Å². The van der Waals surface area contributed by atoms with Crippen molar-refractivity contribution in [1.82, 2.24) is 5.32 Å². The van der Waals surface area contributed by atoms with Gasteiger partial charge in [-0.2, -0.15) is 0 Å². The highest BCUT2D eigenvalue weighted by molar-refractivity contribution is 5.83. The van der Waals surface area contributed by atoms with E-state index in [1.807, 2.05) is 30.3 Å². The van der Waals surface area contributed by atoms with Gasteiger partial charge < -0.3 is 19.9 Å². The number of carbonyl (C=O) groups is 2. The normalized spacial score (nSPS) is 18.5. The Balaban J connectivity index is 1.69. The fourth-order valence-corrected chi connectivity index (χ4v) is 2.47. The zero-order valence-electron chi connectivity index (χ0n) is 13.1. The molecule has 0 bridgehead atoms. The van der Waals surface area contributed by atoms with Gasteiger partial charge >= 0.3 is 5.97 Å². The summed E-state index contributed by atoms with van der Waals surface area (Å²) in [4.78, 5) is 23.1. The zero-order chi connectivity index (χ0) is 16.5. The van der Waals surface area contributed by atoms with E-state index in [0.29, 0.717) is 6.61 Å². The van der Waals surface area contributed by atoms with E-state index < -0.39 is 12.0 Å². The third-order valence-electron chi connectivity index (χ3n) is 3.72. The van der Waals surface area contributed by atoms with Gasteiger partial charge in [0.05, 0.1) is 19.3 Å². The van der Waals surface area contributed by atoms with Crippen molar-refractivity contribution in [1.29, 1.82) is 0 Å². The van der Waals surface area contributed by atoms with E-state index >= 15 is 0 Å². The monoisotopic (exact) mass is 321 g/mol. The summed E-state index contributed by atoms with van der Waals surface area (Å²) in [5.74, 6) is -1.36. The number of amides is 1. The molecule has 0 spiro atoms. The minimum atomic E-state index is -1.04. The van der Waals surface area contributed by atoms with Gasteiger partial charge in [0.15, 0.2) is 0 Å². The molecule has 0 radical (unpaired) electrons. The summed E-state index contributed by atoms with van der Waals surface area (Å²) in [6, 6.07) is 8.30. The first-order valence-electron chi connectivity index (χ1n) is 7.90. The maximum atomic E-state index is 11.9. The largest absolute Gasteiger partial charge is 0.480 e. The van der Waals surface area contributed by atoms with E-state index in [0.717, 1.165) is 25.0 Å². The molecule has 0 saturated carbocycles. The maximum absolute atomic E-state index is 11.9. The third kappa shape index (κ3) is 6.38. The van der Waals surface area contributed by atoms with Crippen LogP contribution in [-0.4, -0.2) is 48.9 Å². The van der Waals surface area contributed by atoms with Crippen molar-refractivity contribution in [3.63, 3.8) is 0 Å². The second-order valence-electron chi connectivity index (χ2n) is 5.61. The van der Waals surface area contributed by atoms with Gasteiger partial charge in [0, 0.05) is 19.4 Å². The van der Waals surface area contributed by atoms with Gasteiger partial charge in [-0.05, 0) is 18.4 Å². The molecule has 2 rings (SSSR count). The summed E-state index contributed by atoms with van der Waals surface area (Å²) in [7, 11) is 0. The lowest BCUT2D eigenvalue weighted by molar-refractivity contribution is -0.142. The van der Waals surface area contributed by atoms with Crippen LogP contribution in [0, 0.1) is 0 Å². The van der Waals surface area contributed by atoms with Gasteiger partial charge in [-0.15, -0.1) is 0 Å². The van der Waals surface area contributed by atoms with Crippen molar-refractivity contribution in [2.24, 2.45) is 0 Å². The molecule has 1 aromatic rings. The molecule has 1 amide bonds. The van der Waals surface area contributed by atoms with E-state index in [4.69, 9.17) is 9.47 Å². The van der Waals surface area contributed by atoms with Gasteiger partial charge in [0.2, 0.25) is 5.91 Å². The fraction of sp³-hybridized carbons (Fsp3) is 0.529. The highest BCUT2D eigenvalue weighted by Gasteiger charge is 2.20. The summed E-state index contributed by atoms with van der Waals surface area (Å²) >= 11 is 0. The highest BCUT2D eigenvalue weighted by Crippen LogP contribution is 2.12. The number of carboxylic acid groups (broad SMARTS) is 1. The van der Waals surface area contributed by atoms with E-state index in [-0.39, 0.29) is 31.5 Å². The van der Waals surface area contributed by atoms with Gasteiger partial charge in [0.25, 0.3) is 0 Å². The zero-order valence-corrected chi connectivity index (χ0v) is 13.1. The maximum Gasteiger partial charge on any atom is 0.326 e. The van der Waals surface area contributed by atoms with Crippen LogP contribution in [0.1, 0.15) is 24.8 Å². The molecule has 1 aliphatic heterocycles. The van der Waals surface area contributed by atoms with Crippen LogP contribution in [0.15, 0.2) is 30.3 Å². The number of ether oxygens (including phenoxy) is 2. The molecule has 6 nitrogen and oxygen atoms in total. The third-order valence-corrected chi connectivity index (χ3v) is 3.72. The number of aliphatic carboxylic acids is 1. The molecule has 0 aliphatic carbocycles. The topological polar surface area (TPSA) is 84.9 Å². The molecule has 126 valence electrons. The molecule has 0 aromatic heterocycles. The van der Waals surface area contributed by atoms with Crippen molar-refractivity contribution in [2.75, 3.05) is 19.8 Å². The van der Waals surface area contributed by atoms with Crippen LogP contribution in [0.2, 0.25) is 0 Å². The Morgan fingerprint density at radius 1 is 1.35 bits per heavy atom. The first-order chi connectivity index (χ1) is 11.1. The van der Waals surface area contributed by atoms with Crippen LogP contribution in [-0.2, 0) is 25.5 Å². The van der Waals surface area contributed by atoms with Crippen molar-refractivity contribution >= 4 is 11.9 Å². The Labute approximate surface area is 135 Å². The number of hydrogen-bond acceptors (Lipinski definition) is 4. The van der Waals surface area contributed by atoms with Crippen LogP contribution in [0.3, 0.4) is 0 Å². The average molecular weight is 321 g/mol. The van der Waals surface area contributed by atoms with E-state index in [9.17, 15) is 14.7 Å². The Morgan fingerprint density at radius 3 is 2.78 bits per heavy atom. The molecule has 1 fully saturated rings. The lowest BCUT2D eigenvalue weighted by atomic mass is 10.1. The SMILES string of the molecule is O=C(CCOCC1CCCO1)N[C@H](Cc1ccccc1)C(=O)O. The Hall–Kier alpha value is -1.92. The number of nitrogens with one attached hydrogen (secondary N) is 1. The summed E-state index contributed by atoms with van der Waals surface area (Å²) in [6.07, 6.45) is 2.57. The molecule has 1 aromatic carbocycles. The lowest BCUT2D eigenvalue weighted by Gasteiger charge is -2.15. The lowest BCUT2D eigenvalue weighted by Crippen LogP contribution is -2.42. The smallest absolute Gasteiger partial charge is 0.326 e. The average Bonchev–Trinajstić information content (AvgIpc) is 3.05. The predicted octanol–water partition coefficient (Wildman–Crippen LogP) is 1.38. The summed E-state index contributed by atoms with van der Waals surface area (Å²) in [5, 5.41) is 11.8. The van der Waals surface area contributed by atoms with Crippen LogP contribution >= 0.6 is 0 Å². The van der Waals surface area contributed by atoms with Crippen LogP contribution in [0.25, 0.3) is 0 Å². The van der Waals surface area contributed by atoms with Gasteiger partial charge in [-0.25, -0.2) is 4.79 Å². The Bertz CT molecular complexity index is 499. The Morgan fingerprint density at radius 2 is 2.13 bits per heavy atom. The number of rotatable bonds is 9. The summed E-state index contributed by atoms with van der Waals surface area (Å²) in [5.41, 5.74) is 0.870. The molecule has 1 unspecified atom stereocenters. The second kappa shape index (κ2) is 9.27. The van der Waals surface area contributed by atoms with Crippen molar-refractivity contribution in [2.45, 2.75) is 37.8 Å². The minimum absolute atomic E-state index is 0.128. The number of carbonyl (C=O) groups excluding carboxylic acids is 1. The van der Waals surface area contributed by atoms with Crippen molar-refractivity contribution < 1.29 is 24.2 Å². The molecule has 2 atom stereocenters. The molecule has 1 heterocycles. The van der Waals surface area contributed by atoms with Crippen LogP contribution in [0.5, 0.6) is 0 Å². The highest BCUT2D eigenvalue weighted by atomic mass is 16.5.